The fourth-order valence-corrected chi connectivity index (χ4v) is 2.65. The second kappa shape index (κ2) is 5.85. The van der Waals surface area contributed by atoms with Crippen LogP contribution in [0.25, 0.3) is 0 Å². The van der Waals surface area contributed by atoms with Crippen molar-refractivity contribution in [2.24, 2.45) is 11.7 Å². The lowest BCUT2D eigenvalue weighted by atomic mass is 9.97. The molecule has 1 amide bonds. The van der Waals surface area contributed by atoms with Crippen LogP contribution >= 0.6 is 15.9 Å². The number of halogens is 1. The van der Waals surface area contributed by atoms with Crippen molar-refractivity contribution in [3.05, 3.63) is 33.8 Å². The first-order valence-corrected chi connectivity index (χ1v) is 7.16. The van der Waals surface area contributed by atoms with E-state index in [4.69, 9.17) is 5.73 Å². The van der Waals surface area contributed by atoms with Crippen molar-refractivity contribution in [3.8, 4) is 0 Å². The van der Waals surface area contributed by atoms with Crippen molar-refractivity contribution in [3.63, 3.8) is 0 Å². The summed E-state index contributed by atoms with van der Waals surface area (Å²) >= 11 is 3.45. The van der Waals surface area contributed by atoms with Gasteiger partial charge in [0.05, 0.1) is 0 Å². The van der Waals surface area contributed by atoms with Gasteiger partial charge >= 0.3 is 0 Å². The van der Waals surface area contributed by atoms with Crippen LogP contribution in [0.3, 0.4) is 0 Å². The molecule has 3 nitrogen and oxygen atoms in total. The average molecular weight is 311 g/mol. The smallest absolute Gasteiger partial charge is 0.253 e. The molecule has 18 heavy (non-hydrogen) atoms. The predicted molar refractivity (Wildman–Crippen MR) is 76.6 cm³/mol. The van der Waals surface area contributed by atoms with Crippen molar-refractivity contribution in [1.82, 2.24) is 4.90 Å². The van der Waals surface area contributed by atoms with Gasteiger partial charge in [-0.2, -0.15) is 0 Å². The molecule has 2 N–H and O–H groups in total. The van der Waals surface area contributed by atoms with E-state index in [1.807, 2.05) is 30.0 Å². The first kappa shape index (κ1) is 13.6. The van der Waals surface area contributed by atoms with Crippen molar-refractivity contribution in [2.45, 2.75) is 19.8 Å². The molecule has 1 saturated heterocycles. The van der Waals surface area contributed by atoms with Gasteiger partial charge in [0, 0.05) is 23.1 Å². The number of likely N-dealkylation sites (tertiary alicyclic amines) is 1. The van der Waals surface area contributed by atoms with Crippen LogP contribution in [0, 0.1) is 12.8 Å². The van der Waals surface area contributed by atoms with Crippen molar-refractivity contribution in [1.29, 1.82) is 0 Å². The fraction of sp³-hybridized carbons (Fsp3) is 0.500. The molecule has 1 unspecified atom stereocenters. The lowest BCUT2D eigenvalue weighted by Crippen LogP contribution is -2.42. The summed E-state index contributed by atoms with van der Waals surface area (Å²) in [6.45, 7) is 4.32. The number of hydrogen-bond acceptors (Lipinski definition) is 2. The number of piperidine rings is 1. The molecule has 1 aliphatic rings. The van der Waals surface area contributed by atoms with Gasteiger partial charge < -0.3 is 10.6 Å². The number of nitrogens with zero attached hydrogens (tertiary/aromatic N) is 1. The number of aryl methyl sites for hydroxylation is 1. The zero-order valence-corrected chi connectivity index (χ0v) is 12.2. The Balaban J connectivity index is 2.12. The van der Waals surface area contributed by atoms with Crippen LogP contribution in [-0.4, -0.2) is 30.4 Å². The largest absolute Gasteiger partial charge is 0.338 e. The van der Waals surface area contributed by atoms with Crippen molar-refractivity contribution in [2.75, 3.05) is 19.6 Å². The van der Waals surface area contributed by atoms with Gasteiger partial charge in [0.25, 0.3) is 5.91 Å². The van der Waals surface area contributed by atoms with Crippen molar-refractivity contribution >= 4 is 21.8 Å². The molecule has 2 rings (SSSR count). The molecule has 1 atom stereocenters. The Morgan fingerprint density at radius 2 is 2.33 bits per heavy atom. The van der Waals surface area contributed by atoms with E-state index in [2.05, 4.69) is 15.9 Å². The second-order valence-electron chi connectivity index (χ2n) is 4.96. The number of benzene rings is 1. The Morgan fingerprint density at radius 1 is 1.56 bits per heavy atom. The SMILES string of the molecule is Cc1cc(C(=O)N2CCCC(CN)C2)ccc1Br. The van der Waals surface area contributed by atoms with E-state index in [1.54, 1.807) is 0 Å². The molecular weight excluding hydrogens is 292 g/mol. The highest BCUT2D eigenvalue weighted by Crippen LogP contribution is 2.21. The molecular formula is C14H19BrN2O. The molecule has 1 aromatic rings. The maximum absolute atomic E-state index is 12.4. The van der Waals surface area contributed by atoms with Crippen molar-refractivity contribution < 1.29 is 4.79 Å². The standard InChI is InChI=1S/C14H19BrN2O/c1-10-7-12(4-5-13(10)15)14(18)17-6-2-3-11(8-16)9-17/h4-5,7,11H,2-3,6,8-9,16H2,1H3. The van der Waals surface area contributed by atoms with Gasteiger partial charge in [-0.25, -0.2) is 0 Å². The number of carbonyl (C=O) groups is 1. The summed E-state index contributed by atoms with van der Waals surface area (Å²) in [4.78, 5) is 14.3. The monoisotopic (exact) mass is 310 g/mol. The molecule has 0 radical (unpaired) electrons. The number of hydrogen-bond donors (Lipinski definition) is 1. The molecule has 0 saturated carbocycles. The Labute approximate surface area is 116 Å². The lowest BCUT2D eigenvalue weighted by Gasteiger charge is -2.32. The van der Waals surface area contributed by atoms with Gasteiger partial charge in [0.2, 0.25) is 0 Å². The van der Waals surface area contributed by atoms with Crippen LogP contribution in [-0.2, 0) is 0 Å². The molecule has 4 heteroatoms. The minimum absolute atomic E-state index is 0.128. The van der Waals surface area contributed by atoms with Crippen LogP contribution in [0.15, 0.2) is 22.7 Å². The van der Waals surface area contributed by atoms with Gasteiger partial charge in [0.1, 0.15) is 0 Å². The number of nitrogens with two attached hydrogens (primary N) is 1. The van der Waals surface area contributed by atoms with Crippen LogP contribution in [0.1, 0.15) is 28.8 Å². The van der Waals surface area contributed by atoms with Gasteiger partial charge in [-0.15, -0.1) is 0 Å². The highest BCUT2D eigenvalue weighted by molar-refractivity contribution is 9.10. The van der Waals surface area contributed by atoms with Crippen LogP contribution in [0.5, 0.6) is 0 Å². The number of carbonyl (C=O) groups excluding carboxylic acids is 1. The molecule has 1 aliphatic heterocycles. The third-order valence-electron chi connectivity index (χ3n) is 3.54. The first-order valence-electron chi connectivity index (χ1n) is 6.37. The van der Waals surface area contributed by atoms with E-state index in [0.29, 0.717) is 12.5 Å². The van der Waals surface area contributed by atoms with Gasteiger partial charge in [-0.1, -0.05) is 15.9 Å². The van der Waals surface area contributed by atoms with Crippen LogP contribution in [0.2, 0.25) is 0 Å². The third kappa shape index (κ3) is 2.93. The van der Waals surface area contributed by atoms with E-state index in [1.165, 1.54) is 0 Å². The van der Waals surface area contributed by atoms with Crippen LogP contribution < -0.4 is 5.73 Å². The molecule has 1 heterocycles. The summed E-state index contributed by atoms with van der Waals surface area (Å²) in [5, 5.41) is 0. The maximum Gasteiger partial charge on any atom is 0.253 e. The summed E-state index contributed by atoms with van der Waals surface area (Å²) < 4.78 is 1.04. The Bertz CT molecular complexity index is 447. The zero-order chi connectivity index (χ0) is 13.1. The highest BCUT2D eigenvalue weighted by atomic mass is 79.9. The van der Waals surface area contributed by atoms with E-state index >= 15 is 0 Å². The molecule has 0 aromatic heterocycles. The lowest BCUT2D eigenvalue weighted by molar-refractivity contribution is 0.0678. The zero-order valence-electron chi connectivity index (χ0n) is 10.7. The summed E-state index contributed by atoms with van der Waals surface area (Å²) in [5.41, 5.74) is 7.57. The van der Waals surface area contributed by atoms with Crippen LogP contribution in [0.4, 0.5) is 0 Å². The quantitative estimate of drug-likeness (QED) is 0.912. The molecule has 1 aromatic carbocycles. The summed E-state index contributed by atoms with van der Waals surface area (Å²) in [5.74, 6) is 0.586. The first-order chi connectivity index (χ1) is 8.61. The molecule has 0 bridgehead atoms. The average Bonchev–Trinajstić information content (AvgIpc) is 2.41. The molecule has 0 aliphatic carbocycles. The normalized spacial score (nSPS) is 19.9. The number of rotatable bonds is 2. The van der Waals surface area contributed by atoms with Gasteiger partial charge in [0.15, 0.2) is 0 Å². The summed E-state index contributed by atoms with van der Waals surface area (Å²) in [6.07, 6.45) is 2.20. The minimum Gasteiger partial charge on any atom is -0.338 e. The molecule has 0 spiro atoms. The second-order valence-corrected chi connectivity index (χ2v) is 5.81. The van der Waals surface area contributed by atoms with Gasteiger partial charge in [-0.05, 0) is 56.0 Å². The minimum atomic E-state index is 0.128. The summed E-state index contributed by atoms with van der Waals surface area (Å²) in [7, 11) is 0. The van der Waals surface area contributed by atoms with Gasteiger partial charge in [-0.3, -0.25) is 4.79 Å². The van der Waals surface area contributed by atoms with E-state index in [9.17, 15) is 4.79 Å². The third-order valence-corrected chi connectivity index (χ3v) is 4.43. The Kier molecular flexibility index (Phi) is 4.40. The highest BCUT2D eigenvalue weighted by Gasteiger charge is 2.23. The fourth-order valence-electron chi connectivity index (χ4n) is 2.40. The molecule has 1 fully saturated rings. The summed E-state index contributed by atoms with van der Waals surface area (Å²) in [6, 6.07) is 5.76. The van der Waals surface area contributed by atoms with E-state index in [0.717, 1.165) is 41.5 Å². The Morgan fingerprint density at radius 3 is 3.00 bits per heavy atom. The maximum atomic E-state index is 12.4. The van der Waals surface area contributed by atoms with E-state index < -0.39 is 0 Å². The topological polar surface area (TPSA) is 46.3 Å². The van der Waals surface area contributed by atoms with E-state index in [-0.39, 0.29) is 5.91 Å². The Hall–Kier alpha value is -0.870. The number of amides is 1. The molecule has 98 valence electrons. The predicted octanol–water partition coefficient (Wildman–Crippen LogP) is 2.57.